The number of carbonyl (C=O) groups is 2. The van der Waals surface area contributed by atoms with E-state index < -0.39 is 5.97 Å². The largest absolute Gasteiger partial charge is 0.487 e. The first-order valence-corrected chi connectivity index (χ1v) is 13.0. The number of nitrogens with one attached hydrogen (secondary N) is 1. The highest BCUT2D eigenvalue weighted by Gasteiger charge is 2.19. The molecule has 0 aromatic heterocycles. The molecule has 0 radical (unpaired) electrons. The van der Waals surface area contributed by atoms with Crippen LogP contribution in [0.25, 0.3) is 16.0 Å². The van der Waals surface area contributed by atoms with Crippen molar-refractivity contribution in [2.24, 2.45) is 5.92 Å². The highest BCUT2D eigenvalue weighted by Crippen LogP contribution is 2.39. The Kier molecular flexibility index (Phi) is 9.67. The summed E-state index contributed by atoms with van der Waals surface area (Å²) in [5.74, 6) is 0.173. The lowest BCUT2D eigenvalue weighted by atomic mass is 9.95. The van der Waals surface area contributed by atoms with E-state index in [1.54, 1.807) is 12.1 Å². The van der Waals surface area contributed by atoms with E-state index in [2.05, 4.69) is 62.1 Å². The third kappa shape index (κ3) is 7.45. The number of aryl methyl sites for hydroxylation is 1. The van der Waals surface area contributed by atoms with Gasteiger partial charge in [-0.1, -0.05) is 69.7 Å². The molecule has 0 saturated heterocycles. The van der Waals surface area contributed by atoms with Crippen molar-refractivity contribution >= 4 is 17.6 Å². The van der Waals surface area contributed by atoms with E-state index in [0.29, 0.717) is 28.8 Å². The molecular formula is C32H36N2O4. The molecule has 0 aliphatic rings. The molecule has 1 amide bonds. The fraction of sp³-hybridized carbons (Fsp3) is 0.344. The van der Waals surface area contributed by atoms with Crippen LogP contribution in [0.15, 0.2) is 60.7 Å². The number of carboxylic acid groups (broad SMARTS) is 1. The second kappa shape index (κ2) is 12.9. The second-order valence-corrected chi connectivity index (χ2v) is 10.3. The lowest BCUT2D eigenvalue weighted by Crippen LogP contribution is -2.26. The molecule has 6 nitrogen and oxygen atoms in total. The molecule has 0 heterocycles. The molecular weight excluding hydrogens is 476 g/mol. The van der Waals surface area contributed by atoms with E-state index in [0.717, 1.165) is 28.7 Å². The molecule has 0 fully saturated rings. The van der Waals surface area contributed by atoms with Gasteiger partial charge in [-0.15, -0.1) is 0 Å². The minimum atomic E-state index is -0.956. The monoisotopic (exact) mass is 512 g/mol. The van der Waals surface area contributed by atoms with Gasteiger partial charge in [-0.05, 0) is 71.7 Å². The average molecular weight is 513 g/mol. The predicted molar refractivity (Wildman–Crippen MR) is 151 cm³/mol. The van der Waals surface area contributed by atoms with Gasteiger partial charge in [-0.3, -0.25) is 9.59 Å². The Morgan fingerprint density at radius 1 is 0.974 bits per heavy atom. The minimum absolute atomic E-state index is 0.0790. The molecule has 1 atom stereocenters. The number of nitrogens with zero attached hydrogens (tertiary/aromatic N) is 1. The molecule has 2 N–H and O–H groups in total. The molecule has 6 heteroatoms. The third-order valence-corrected chi connectivity index (χ3v) is 6.41. The predicted octanol–water partition coefficient (Wildman–Crippen LogP) is 7.71. The molecule has 0 aliphatic heterocycles. The van der Waals surface area contributed by atoms with Crippen LogP contribution in [0.1, 0.15) is 79.6 Å². The SMILES string of the molecule is [C-]#[N+]c1cc(OC(CC(C)C)c2ccc(C(=O)NCCC(=O)O)cc2)cc(C)c1-c1ccc(C(C)C)cc1. The van der Waals surface area contributed by atoms with Crippen molar-refractivity contribution in [1.29, 1.82) is 0 Å². The standard InChI is InChI=1S/C32H36N2O4/c1-20(2)17-29(24-9-13-26(14-10-24)32(37)34-16-15-30(35)36)38-27-18-22(5)31(28(19-27)33-6)25-11-7-23(8-12-25)21(3)4/h7-14,18-21,29H,15-17H2,1-5H3,(H,34,37)(H,35,36). The van der Waals surface area contributed by atoms with Crippen molar-refractivity contribution in [2.75, 3.05) is 6.54 Å². The maximum Gasteiger partial charge on any atom is 0.305 e. The van der Waals surface area contributed by atoms with Gasteiger partial charge in [0.25, 0.3) is 5.91 Å². The van der Waals surface area contributed by atoms with E-state index in [9.17, 15) is 9.59 Å². The Hall–Kier alpha value is -4.11. The molecule has 0 saturated carbocycles. The zero-order chi connectivity index (χ0) is 27.8. The first kappa shape index (κ1) is 28.5. The van der Waals surface area contributed by atoms with Gasteiger partial charge < -0.3 is 15.2 Å². The van der Waals surface area contributed by atoms with Gasteiger partial charge in [0.2, 0.25) is 0 Å². The van der Waals surface area contributed by atoms with Crippen LogP contribution >= 0.6 is 0 Å². The topological polar surface area (TPSA) is 80.0 Å². The molecule has 3 aromatic carbocycles. The molecule has 3 rings (SSSR count). The normalized spacial score (nSPS) is 11.7. The Balaban J connectivity index is 1.84. The van der Waals surface area contributed by atoms with Crippen molar-refractivity contribution < 1.29 is 19.4 Å². The number of aliphatic carboxylic acids is 1. The van der Waals surface area contributed by atoms with Crippen molar-refractivity contribution in [3.05, 3.63) is 94.3 Å². The van der Waals surface area contributed by atoms with Gasteiger partial charge in [0.05, 0.1) is 13.0 Å². The fourth-order valence-corrected chi connectivity index (χ4v) is 4.38. The van der Waals surface area contributed by atoms with Crippen LogP contribution in [-0.4, -0.2) is 23.5 Å². The average Bonchev–Trinajstić information content (AvgIpc) is 2.87. The Labute approximate surface area is 225 Å². The quantitative estimate of drug-likeness (QED) is 0.258. The van der Waals surface area contributed by atoms with Gasteiger partial charge in [0.1, 0.15) is 11.9 Å². The molecule has 0 aliphatic carbocycles. The lowest BCUT2D eigenvalue weighted by molar-refractivity contribution is -0.136. The zero-order valence-electron chi connectivity index (χ0n) is 22.7. The van der Waals surface area contributed by atoms with Crippen molar-refractivity contribution in [3.63, 3.8) is 0 Å². The maximum absolute atomic E-state index is 12.3. The van der Waals surface area contributed by atoms with Gasteiger partial charge in [-0.2, -0.15) is 0 Å². The number of hydrogen-bond donors (Lipinski definition) is 2. The summed E-state index contributed by atoms with van der Waals surface area (Å²) >= 11 is 0. The molecule has 0 spiro atoms. The van der Waals surface area contributed by atoms with Crippen LogP contribution in [0.5, 0.6) is 5.75 Å². The minimum Gasteiger partial charge on any atom is -0.487 e. The third-order valence-electron chi connectivity index (χ3n) is 6.41. The number of hydrogen-bond acceptors (Lipinski definition) is 3. The fourth-order valence-electron chi connectivity index (χ4n) is 4.38. The van der Waals surface area contributed by atoms with Crippen molar-refractivity contribution in [1.82, 2.24) is 5.32 Å². The Morgan fingerprint density at radius 3 is 2.16 bits per heavy atom. The lowest BCUT2D eigenvalue weighted by Gasteiger charge is -2.23. The maximum atomic E-state index is 12.3. The first-order valence-electron chi connectivity index (χ1n) is 13.0. The summed E-state index contributed by atoms with van der Waals surface area (Å²) in [6, 6.07) is 19.4. The van der Waals surface area contributed by atoms with E-state index in [1.807, 2.05) is 31.2 Å². The van der Waals surface area contributed by atoms with E-state index in [4.69, 9.17) is 16.4 Å². The number of amides is 1. The van der Waals surface area contributed by atoms with Gasteiger partial charge in [0, 0.05) is 12.1 Å². The molecule has 38 heavy (non-hydrogen) atoms. The van der Waals surface area contributed by atoms with Crippen LogP contribution in [0.2, 0.25) is 0 Å². The van der Waals surface area contributed by atoms with Crippen molar-refractivity contribution in [2.45, 2.75) is 59.5 Å². The van der Waals surface area contributed by atoms with E-state index in [-0.39, 0.29) is 25.0 Å². The highest BCUT2D eigenvalue weighted by atomic mass is 16.5. The summed E-state index contributed by atoms with van der Waals surface area (Å²) in [4.78, 5) is 26.8. The second-order valence-electron chi connectivity index (χ2n) is 10.3. The van der Waals surface area contributed by atoms with Gasteiger partial charge in [-0.25, -0.2) is 4.85 Å². The van der Waals surface area contributed by atoms with Crippen LogP contribution < -0.4 is 10.1 Å². The number of benzene rings is 3. The number of carboxylic acids is 1. The molecule has 0 bridgehead atoms. The molecule has 3 aromatic rings. The summed E-state index contributed by atoms with van der Waals surface area (Å²) in [7, 11) is 0. The van der Waals surface area contributed by atoms with Crippen LogP contribution in [0.3, 0.4) is 0 Å². The zero-order valence-corrected chi connectivity index (χ0v) is 22.7. The molecule has 1 unspecified atom stereocenters. The summed E-state index contributed by atoms with van der Waals surface area (Å²) in [6.07, 6.45) is 0.380. The summed E-state index contributed by atoms with van der Waals surface area (Å²) in [5, 5.41) is 11.4. The molecule has 198 valence electrons. The van der Waals surface area contributed by atoms with Crippen LogP contribution in [0, 0.1) is 19.4 Å². The van der Waals surface area contributed by atoms with Crippen molar-refractivity contribution in [3.8, 4) is 16.9 Å². The van der Waals surface area contributed by atoms with Gasteiger partial charge >= 0.3 is 5.97 Å². The number of ether oxygens (including phenoxy) is 1. The number of rotatable bonds is 11. The van der Waals surface area contributed by atoms with Gasteiger partial charge in [0.15, 0.2) is 5.69 Å². The Morgan fingerprint density at radius 2 is 1.61 bits per heavy atom. The summed E-state index contributed by atoms with van der Waals surface area (Å²) in [6.45, 7) is 18.5. The summed E-state index contributed by atoms with van der Waals surface area (Å²) in [5.41, 5.74) is 6.10. The smallest absolute Gasteiger partial charge is 0.305 e. The first-order chi connectivity index (χ1) is 18.1. The number of carbonyl (C=O) groups excluding carboxylic acids is 1. The van der Waals surface area contributed by atoms with E-state index >= 15 is 0 Å². The van der Waals surface area contributed by atoms with E-state index in [1.165, 1.54) is 5.56 Å². The summed E-state index contributed by atoms with van der Waals surface area (Å²) < 4.78 is 6.46. The van der Waals surface area contributed by atoms with Crippen LogP contribution in [-0.2, 0) is 4.79 Å². The van der Waals surface area contributed by atoms with Crippen LogP contribution in [0.4, 0.5) is 5.69 Å². The highest BCUT2D eigenvalue weighted by molar-refractivity contribution is 5.94. The Bertz CT molecular complexity index is 1300.